The molecular formula is C19H20N6O5. The van der Waals surface area contributed by atoms with Crippen molar-refractivity contribution in [3.63, 3.8) is 0 Å². The van der Waals surface area contributed by atoms with Crippen molar-refractivity contribution < 1.29 is 24.6 Å². The zero-order chi connectivity index (χ0) is 21.5. The molecule has 1 aromatic carbocycles. The summed E-state index contributed by atoms with van der Waals surface area (Å²) in [6, 6.07) is 8.03. The van der Waals surface area contributed by atoms with E-state index in [0.29, 0.717) is 18.8 Å². The van der Waals surface area contributed by atoms with Crippen LogP contribution in [0.25, 0.3) is 11.0 Å². The Labute approximate surface area is 171 Å². The number of amides is 1. The Balaban J connectivity index is 0.000000377. The Morgan fingerprint density at radius 1 is 1.00 bits per heavy atom. The number of benzene rings is 1. The van der Waals surface area contributed by atoms with Crippen LogP contribution >= 0.6 is 0 Å². The molecule has 2 aromatic heterocycles. The van der Waals surface area contributed by atoms with Gasteiger partial charge in [-0.05, 0) is 12.1 Å². The Hall–Kier alpha value is -3.86. The number of para-hydroxylation sites is 2. The Bertz CT molecular complexity index is 985. The van der Waals surface area contributed by atoms with Crippen molar-refractivity contribution in [3.8, 4) is 0 Å². The summed E-state index contributed by atoms with van der Waals surface area (Å²) >= 11 is 0. The fourth-order valence-corrected chi connectivity index (χ4v) is 2.97. The molecule has 1 amide bonds. The molecule has 0 saturated carbocycles. The number of rotatable bonds is 3. The van der Waals surface area contributed by atoms with Crippen LogP contribution in [0.2, 0.25) is 0 Å². The van der Waals surface area contributed by atoms with Crippen molar-refractivity contribution in [1.82, 2.24) is 29.7 Å². The number of carboxylic acid groups (broad SMARTS) is 2. The van der Waals surface area contributed by atoms with E-state index in [9.17, 15) is 4.79 Å². The smallest absolute Gasteiger partial charge is 0.414 e. The molecule has 3 aromatic rings. The first-order valence-electron chi connectivity index (χ1n) is 9.11. The average Bonchev–Trinajstić information content (AvgIpc) is 3.17. The first kappa shape index (κ1) is 20.9. The number of piperazine rings is 1. The molecule has 0 bridgehead atoms. The maximum atomic E-state index is 12.4. The average molecular weight is 412 g/mol. The molecule has 0 spiro atoms. The van der Waals surface area contributed by atoms with Crippen LogP contribution in [0.3, 0.4) is 0 Å². The minimum absolute atomic E-state index is 0.0495. The minimum atomic E-state index is -1.82. The van der Waals surface area contributed by atoms with Crippen LogP contribution in [0.4, 0.5) is 0 Å². The summed E-state index contributed by atoms with van der Waals surface area (Å²) in [7, 11) is 0. The van der Waals surface area contributed by atoms with Crippen molar-refractivity contribution in [2.45, 2.75) is 6.54 Å². The number of carbonyl (C=O) groups is 3. The molecule has 4 rings (SSSR count). The zero-order valence-electron chi connectivity index (χ0n) is 15.9. The summed E-state index contributed by atoms with van der Waals surface area (Å²) in [5.41, 5.74) is 2.45. The predicted molar refractivity (Wildman–Crippen MR) is 105 cm³/mol. The van der Waals surface area contributed by atoms with Gasteiger partial charge < -0.3 is 20.1 Å². The maximum Gasteiger partial charge on any atom is 0.414 e. The van der Waals surface area contributed by atoms with Crippen LogP contribution in [0.15, 0.2) is 42.9 Å². The van der Waals surface area contributed by atoms with Gasteiger partial charge in [0.15, 0.2) is 0 Å². The van der Waals surface area contributed by atoms with E-state index >= 15 is 0 Å². The van der Waals surface area contributed by atoms with Crippen LogP contribution in [0, 0.1) is 0 Å². The number of hydrogen-bond donors (Lipinski definition) is 3. The molecule has 0 aliphatic carbocycles. The second-order valence-electron chi connectivity index (χ2n) is 6.47. The zero-order valence-corrected chi connectivity index (χ0v) is 15.9. The summed E-state index contributed by atoms with van der Waals surface area (Å²) in [5.74, 6) is -2.73. The lowest BCUT2D eigenvalue weighted by molar-refractivity contribution is -0.159. The monoisotopic (exact) mass is 412 g/mol. The molecular weight excluding hydrogens is 392 g/mol. The van der Waals surface area contributed by atoms with E-state index in [-0.39, 0.29) is 5.91 Å². The molecule has 11 nitrogen and oxygen atoms in total. The van der Waals surface area contributed by atoms with Crippen LogP contribution in [0.5, 0.6) is 0 Å². The molecule has 1 saturated heterocycles. The molecule has 156 valence electrons. The van der Waals surface area contributed by atoms with E-state index in [1.165, 1.54) is 6.20 Å². The molecule has 30 heavy (non-hydrogen) atoms. The summed E-state index contributed by atoms with van der Waals surface area (Å²) < 4.78 is 0. The number of fused-ring (bicyclic) bond motifs is 1. The third-order valence-corrected chi connectivity index (χ3v) is 4.44. The van der Waals surface area contributed by atoms with E-state index in [1.54, 1.807) is 12.4 Å². The van der Waals surface area contributed by atoms with E-state index in [0.717, 1.165) is 36.5 Å². The topological polar surface area (TPSA) is 153 Å². The van der Waals surface area contributed by atoms with Gasteiger partial charge in [0.2, 0.25) is 0 Å². The van der Waals surface area contributed by atoms with E-state index in [4.69, 9.17) is 19.8 Å². The van der Waals surface area contributed by atoms with Gasteiger partial charge in [-0.2, -0.15) is 0 Å². The van der Waals surface area contributed by atoms with Crippen molar-refractivity contribution in [2.24, 2.45) is 0 Å². The van der Waals surface area contributed by atoms with Crippen molar-refractivity contribution in [2.75, 3.05) is 26.2 Å². The highest BCUT2D eigenvalue weighted by molar-refractivity contribution is 6.27. The van der Waals surface area contributed by atoms with Crippen molar-refractivity contribution in [3.05, 3.63) is 54.4 Å². The first-order chi connectivity index (χ1) is 14.4. The van der Waals surface area contributed by atoms with Gasteiger partial charge in [-0.25, -0.2) is 19.6 Å². The molecule has 0 unspecified atom stereocenters. The number of imidazole rings is 1. The van der Waals surface area contributed by atoms with E-state index in [2.05, 4.69) is 24.8 Å². The normalized spacial score (nSPS) is 14.1. The summed E-state index contributed by atoms with van der Waals surface area (Å²) in [6.07, 6.45) is 4.64. The number of H-pyrrole nitrogens is 1. The van der Waals surface area contributed by atoms with Gasteiger partial charge in [0, 0.05) is 38.6 Å². The second kappa shape index (κ2) is 9.56. The second-order valence-corrected chi connectivity index (χ2v) is 6.47. The SMILES string of the molecule is O=C(O)C(=O)O.O=C(c1cnccn1)N1CCN(Cc2nc3ccccc3[nH]2)CC1. The molecule has 1 aliphatic heterocycles. The van der Waals surface area contributed by atoms with Gasteiger partial charge in [0.1, 0.15) is 11.5 Å². The number of aromatic amines is 1. The van der Waals surface area contributed by atoms with E-state index in [1.807, 2.05) is 29.2 Å². The molecule has 1 aliphatic rings. The van der Waals surface area contributed by atoms with Crippen molar-refractivity contribution in [1.29, 1.82) is 0 Å². The van der Waals surface area contributed by atoms with Crippen LogP contribution in [-0.4, -0.2) is 84.0 Å². The molecule has 0 atom stereocenters. The third-order valence-electron chi connectivity index (χ3n) is 4.44. The number of nitrogens with zero attached hydrogens (tertiary/aromatic N) is 5. The fourth-order valence-electron chi connectivity index (χ4n) is 2.97. The highest BCUT2D eigenvalue weighted by Crippen LogP contribution is 2.13. The number of hydrogen-bond acceptors (Lipinski definition) is 7. The Morgan fingerprint density at radius 2 is 1.70 bits per heavy atom. The predicted octanol–water partition coefficient (Wildman–Crippen LogP) is 0.466. The van der Waals surface area contributed by atoms with Crippen LogP contribution in [-0.2, 0) is 16.1 Å². The minimum Gasteiger partial charge on any atom is -0.473 e. The van der Waals surface area contributed by atoms with Crippen LogP contribution in [0.1, 0.15) is 16.3 Å². The lowest BCUT2D eigenvalue weighted by Crippen LogP contribution is -2.48. The molecule has 3 N–H and O–H groups in total. The van der Waals surface area contributed by atoms with Gasteiger partial charge in [-0.15, -0.1) is 0 Å². The largest absolute Gasteiger partial charge is 0.473 e. The molecule has 1 fully saturated rings. The molecule has 11 heteroatoms. The molecule has 0 radical (unpaired) electrons. The standard InChI is InChI=1S/C17H18N6O.C2H2O4/c24-17(15-11-18-5-6-19-15)23-9-7-22(8-10-23)12-16-20-13-3-1-2-4-14(13)21-16;3-1(4)2(5)6/h1-6,11H,7-10,12H2,(H,20,21);(H,3,4)(H,5,6). The number of nitrogens with one attached hydrogen (secondary N) is 1. The summed E-state index contributed by atoms with van der Waals surface area (Å²) in [5, 5.41) is 14.8. The third kappa shape index (κ3) is 5.35. The fraction of sp³-hybridized carbons (Fsp3) is 0.263. The Kier molecular flexibility index (Phi) is 6.65. The Morgan fingerprint density at radius 3 is 2.30 bits per heavy atom. The lowest BCUT2D eigenvalue weighted by Gasteiger charge is -2.34. The van der Waals surface area contributed by atoms with Gasteiger partial charge in [-0.3, -0.25) is 14.7 Å². The summed E-state index contributed by atoms with van der Waals surface area (Å²) in [6.45, 7) is 3.79. The van der Waals surface area contributed by atoms with Gasteiger partial charge >= 0.3 is 11.9 Å². The lowest BCUT2D eigenvalue weighted by atomic mass is 10.2. The summed E-state index contributed by atoms with van der Waals surface area (Å²) in [4.78, 5) is 50.7. The highest BCUT2D eigenvalue weighted by Gasteiger charge is 2.23. The number of aliphatic carboxylic acids is 2. The molecule has 3 heterocycles. The van der Waals surface area contributed by atoms with Gasteiger partial charge in [0.05, 0.1) is 23.8 Å². The highest BCUT2D eigenvalue weighted by atomic mass is 16.4. The van der Waals surface area contributed by atoms with Gasteiger partial charge in [-0.1, -0.05) is 12.1 Å². The quantitative estimate of drug-likeness (QED) is 0.521. The number of carboxylic acids is 2. The van der Waals surface area contributed by atoms with Crippen molar-refractivity contribution >= 4 is 28.9 Å². The maximum absolute atomic E-state index is 12.4. The van der Waals surface area contributed by atoms with Crippen LogP contribution < -0.4 is 0 Å². The number of aromatic nitrogens is 4. The first-order valence-corrected chi connectivity index (χ1v) is 9.11. The number of carbonyl (C=O) groups excluding carboxylic acids is 1. The van der Waals surface area contributed by atoms with E-state index < -0.39 is 11.9 Å². The van der Waals surface area contributed by atoms with Gasteiger partial charge in [0.25, 0.3) is 5.91 Å².